The molecule has 1 aromatic carbocycles. The molecule has 0 radical (unpaired) electrons. The molecule has 6 heteroatoms. The van der Waals surface area contributed by atoms with Gasteiger partial charge in [0.1, 0.15) is 0 Å². The number of hydrogen-bond acceptors (Lipinski definition) is 5. The fraction of sp³-hybridized carbons (Fsp3) is 0.500. The first-order valence-corrected chi connectivity index (χ1v) is 6.05. The Balaban J connectivity index is 2.86. The minimum absolute atomic E-state index is 0.0443. The lowest BCUT2D eigenvalue weighted by molar-refractivity contribution is -0.384. The van der Waals surface area contributed by atoms with Crippen molar-refractivity contribution in [1.82, 2.24) is 0 Å². The Morgan fingerprint density at radius 2 is 2.11 bits per heavy atom. The standard InChI is InChI=1S/C12H20N4O2/c1-3-4-5-6-15(2)11-7-10(14-13)8-12(9-11)16(17)18/h7-9,14H,3-6,13H2,1-2H3. The largest absolute Gasteiger partial charge is 0.374 e. The molecule has 0 atom stereocenters. The molecule has 0 spiro atoms. The van der Waals surface area contributed by atoms with Crippen molar-refractivity contribution in [1.29, 1.82) is 0 Å². The molecule has 100 valence electrons. The topological polar surface area (TPSA) is 84.4 Å². The molecule has 0 saturated carbocycles. The lowest BCUT2D eigenvalue weighted by Gasteiger charge is -2.19. The zero-order valence-corrected chi connectivity index (χ0v) is 10.8. The number of hydrazine groups is 1. The quantitative estimate of drug-likeness (QED) is 0.337. The van der Waals surface area contributed by atoms with E-state index < -0.39 is 4.92 Å². The van der Waals surface area contributed by atoms with Crippen molar-refractivity contribution in [2.75, 3.05) is 23.9 Å². The monoisotopic (exact) mass is 252 g/mol. The zero-order valence-electron chi connectivity index (χ0n) is 10.8. The van der Waals surface area contributed by atoms with Crippen LogP contribution in [-0.2, 0) is 0 Å². The van der Waals surface area contributed by atoms with Gasteiger partial charge in [0, 0.05) is 31.4 Å². The number of nitrogens with one attached hydrogen (secondary N) is 1. The molecule has 0 fully saturated rings. The summed E-state index contributed by atoms with van der Waals surface area (Å²) in [5.41, 5.74) is 3.84. The smallest absolute Gasteiger partial charge is 0.273 e. The number of non-ortho nitro benzene ring substituents is 1. The third-order valence-corrected chi connectivity index (χ3v) is 2.82. The van der Waals surface area contributed by atoms with Crippen LogP contribution in [0.25, 0.3) is 0 Å². The molecule has 1 rings (SSSR count). The van der Waals surface area contributed by atoms with Gasteiger partial charge in [0.05, 0.1) is 10.6 Å². The fourth-order valence-electron chi connectivity index (χ4n) is 1.73. The van der Waals surface area contributed by atoms with E-state index in [2.05, 4.69) is 12.3 Å². The summed E-state index contributed by atoms with van der Waals surface area (Å²) in [4.78, 5) is 12.4. The van der Waals surface area contributed by atoms with Crippen LogP contribution in [0, 0.1) is 10.1 Å². The van der Waals surface area contributed by atoms with Crippen molar-refractivity contribution in [3.05, 3.63) is 28.3 Å². The summed E-state index contributed by atoms with van der Waals surface area (Å²) in [6, 6.07) is 4.79. The van der Waals surface area contributed by atoms with E-state index in [0.717, 1.165) is 31.5 Å². The van der Waals surface area contributed by atoms with Crippen LogP contribution >= 0.6 is 0 Å². The first-order chi connectivity index (χ1) is 8.58. The van der Waals surface area contributed by atoms with Crippen molar-refractivity contribution >= 4 is 17.1 Å². The van der Waals surface area contributed by atoms with Gasteiger partial charge in [-0.1, -0.05) is 19.8 Å². The van der Waals surface area contributed by atoms with Gasteiger partial charge in [-0.2, -0.15) is 0 Å². The van der Waals surface area contributed by atoms with E-state index in [4.69, 9.17) is 5.84 Å². The lowest BCUT2D eigenvalue weighted by atomic mass is 10.2. The second kappa shape index (κ2) is 6.80. The SMILES string of the molecule is CCCCCN(C)c1cc(NN)cc([N+](=O)[O-])c1. The molecule has 0 bridgehead atoms. The molecule has 0 aromatic heterocycles. The molecular weight excluding hydrogens is 232 g/mol. The molecule has 1 aromatic rings. The molecule has 0 unspecified atom stereocenters. The van der Waals surface area contributed by atoms with Gasteiger partial charge in [0.2, 0.25) is 0 Å². The second-order valence-electron chi connectivity index (χ2n) is 4.27. The van der Waals surface area contributed by atoms with Crippen LogP contribution in [0.2, 0.25) is 0 Å². The number of hydrogen-bond donors (Lipinski definition) is 2. The molecule has 6 nitrogen and oxygen atoms in total. The average Bonchev–Trinajstić information content (AvgIpc) is 2.38. The van der Waals surface area contributed by atoms with Gasteiger partial charge in [0.15, 0.2) is 0 Å². The Morgan fingerprint density at radius 1 is 1.39 bits per heavy atom. The fourth-order valence-corrected chi connectivity index (χ4v) is 1.73. The van der Waals surface area contributed by atoms with Gasteiger partial charge >= 0.3 is 0 Å². The maximum atomic E-state index is 10.8. The number of rotatable bonds is 7. The molecule has 0 aliphatic heterocycles. The number of nitro groups is 1. The summed E-state index contributed by atoms with van der Waals surface area (Å²) in [6.07, 6.45) is 3.38. The van der Waals surface area contributed by atoms with Crippen LogP contribution in [0.15, 0.2) is 18.2 Å². The van der Waals surface area contributed by atoms with Crippen LogP contribution in [0.5, 0.6) is 0 Å². The van der Waals surface area contributed by atoms with E-state index in [1.165, 1.54) is 6.07 Å². The van der Waals surface area contributed by atoms with Gasteiger partial charge in [-0.25, -0.2) is 0 Å². The average molecular weight is 252 g/mol. The minimum Gasteiger partial charge on any atom is -0.374 e. The Hall–Kier alpha value is -1.82. The summed E-state index contributed by atoms with van der Waals surface area (Å²) >= 11 is 0. The van der Waals surface area contributed by atoms with Crippen LogP contribution < -0.4 is 16.2 Å². The Bertz CT molecular complexity index is 409. The van der Waals surface area contributed by atoms with Gasteiger partial charge in [0.25, 0.3) is 5.69 Å². The third-order valence-electron chi connectivity index (χ3n) is 2.82. The van der Waals surface area contributed by atoms with Gasteiger partial charge in [-0.15, -0.1) is 0 Å². The summed E-state index contributed by atoms with van der Waals surface area (Å²) in [5, 5.41) is 10.8. The van der Waals surface area contributed by atoms with Gasteiger partial charge < -0.3 is 10.3 Å². The van der Waals surface area contributed by atoms with E-state index in [1.807, 2.05) is 11.9 Å². The van der Waals surface area contributed by atoms with Crippen molar-refractivity contribution in [3.63, 3.8) is 0 Å². The van der Waals surface area contributed by atoms with Crippen molar-refractivity contribution in [2.24, 2.45) is 5.84 Å². The molecule has 0 amide bonds. The van der Waals surface area contributed by atoms with Gasteiger partial charge in [-0.3, -0.25) is 16.0 Å². The summed E-state index contributed by atoms with van der Waals surface area (Å²) in [6.45, 7) is 3.02. The Labute approximate surface area is 107 Å². The van der Waals surface area contributed by atoms with Crippen LogP contribution in [0.1, 0.15) is 26.2 Å². The summed E-state index contributed by atoms with van der Waals surface area (Å²) < 4.78 is 0. The van der Waals surface area contributed by atoms with E-state index in [-0.39, 0.29) is 5.69 Å². The maximum absolute atomic E-state index is 10.8. The predicted molar refractivity (Wildman–Crippen MR) is 73.7 cm³/mol. The normalized spacial score (nSPS) is 10.2. The number of nitrogen functional groups attached to an aromatic ring is 1. The van der Waals surface area contributed by atoms with Crippen molar-refractivity contribution < 1.29 is 4.92 Å². The number of unbranched alkanes of at least 4 members (excludes halogenated alkanes) is 2. The van der Waals surface area contributed by atoms with Crippen molar-refractivity contribution in [3.8, 4) is 0 Å². The summed E-state index contributed by atoms with van der Waals surface area (Å²) in [5.74, 6) is 5.32. The molecule has 0 saturated heterocycles. The lowest BCUT2D eigenvalue weighted by Crippen LogP contribution is -2.19. The van der Waals surface area contributed by atoms with Crippen LogP contribution in [0.3, 0.4) is 0 Å². The zero-order chi connectivity index (χ0) is 13.5. The van der Waals surface area contributed by atoms with Crippen molar-refractivity contribution in [2.45, 2.75) is 26.2 Å². The number of benzene rings is 1. The Kier molecular flexibility index (Phi) is 5.38. The maximum Gasteiger partial charge on any atom is 0.273 e. The van der Waals surface area contributed by atoms with E-state index in [9.17, 15) is 10.1 Å². The number of nitro benzene ring substituents is 1. The molecule has 0 aliphatic carbocycles. The Morgan fingerprint density at radius 3 is 2.67 bits per heavy atom. The first kappa shape index (κ1) is 14.2. The minimum atomic E-state index is -0.412. The summed E-state index contributed by atoms with van der Waals surface area (Å²) in [7, 11) is 1.93. The highest BCUT2D eigenvalue weighted by Gasteiger charge is 2.11. The molecule has 0 aliphatic rings. The van der Waals surface area contributed by atoms with Gasteiger partial charge in [-0.05, 0) is 12.5 Å². The highest BCUT2D eigenvalue weighted by atomic mass is 16.6. The highest BCUT2D eigenvalue weighted by molar-refractivity contribution is 5.63. The molecule has 0 heterocycles. The first-order valence-electron chi connectivity index (χ1n) is 6.05. The third kappa shape index (κ3) is 3.89. The van der Waals surface area contributed by atoms with E-state index in [0.29, 0.717) is 5.69 Å². The van der Waals surface area contributed by atoms with Crippen LogP contribution in [-0.4, -0.2) is 18.5 Å². The van der Waals surface area contributed by atoms with E-state index in [1.54, 1.807) is 12.1 Å². The molecule has 3 N–H and O–H groups in total. The number of anilines is 2. The van der Waals surface area contributed by atoms with E-state index >= 15 is 0 Å². The highest BCUT2D eigenvalue weighted by Crippen LogP contribution is 2.26. The second-order valence-corrected chi connectivity index (χ2v) is 4.27. The van der Waals surface area contributed by atoms with Crippen LogP contribution in [0.4, 0.5) is 17.1 Å². The number of nitrogens with zero attached hydrogens (tertiary/aromatic N) is 2. The molecular formula is C12H20N4O2. The number of nitrogens with two attached hydrogens (primary N) is 1. The molecule has 18 heavy (non-hydrogen) atoms. The predicted octanol–water partition coefficient (Wildman–Crippen LogP) is 2.51.